The number of carbonyl (C=O) groups excluding carboxylic acids is 2. The first-order valence-corrected chi connectivity index (χ1v) is 7.27. The van der Waals surface area contributed by atoms with Crippen LogP contribution in [-0.4, -0.2) is 36.1 Å². The molecule has 120 valence electrons. The van der Waals surface area contributed by atoms with E-state index in [0.29, 0.717) is 11.5 Å². The topological polar surface area (TPSA) is 76.7 Å². The van der Waals surface area contributed by atoms with Crippen LogP contribution in [0.5, 0.6) is 11.5 Å². The van der Waals surface area contributed by atoms with E-state index in [1.807, 2.05) is 32.9 Å². The van der Waals surface area contributed by atoms with Crippen molar-refractivity contribution in [2.24, 2.45) is 0 Å². The van der Waals surface area contributed by atoms with Crippen molar-refractivity contribution in [1.29, 1.82) is 0 Å². The van der Waals surface area contributed by atoms with E-state index in [1.54, 1.807) is 19.1 Å². The predicted octanol–water partition coefficient (Wildman–Crippen LogP) is 1.25. The molecule has 0 radical (unpaired) electrons. The second-order valence-corrected chi connectivity index (χ2v) is 6.32. The molecule has 2 amide bonds. The molecule has 6 nitrogen and oxygen atoms in total. The molecule has 2 rings (SSSR count). The van der Waals surface area contributed by atoms with Crippen LogP contribution >= 0.6 is 0 Å². The smallest absolute Gasteiger partial charge is 0.265 e. The van der Waals surface area contributed by atoms with Gasteiger partial charge in [-0.05, 0) is 39.8 Å². The number of para-hydroxylation sites is 2. The van der Waals surface area contributed by atoms with Gasteiger partial charge in [-0.15, -0.1) is 0 Å². The predicted molar refractivity (Wildman–Crippen MR) is 81.9 cm³/mol. The molecular weight excluding hydrogens is 284 g/mol. The summed E-state index contributed by atoms with van der Waals surface area (Å²) in [4.78, 5) is 23.9. The van der Waals surface area contributed by atoms with Gasteiger partial charge in [0.15, 0.2) is 11.5 Å². The number of hydrogen-bond donors (Lipinski definition) is 2. The third-order valence-corrected chi connectivity index (χ3v) is 3.04. The van der Waals surface area contributed by atoms with Gasteiger partial charge in [0.2, 0.25) is 12.0 Å². The van der Waals surface area contributed by atoms with Crippen molar-refractivity contribution >= 4 is 11.8 Å². The summed E-state index contributed by atoms with van der Waals surface area (Å²) in [7, 11) is 0. The summed E-state index contributed by atoms with van der Waals surface area (Å²) in [6, 6.07) is 7.18. The second kappa shape index (κ2) is 6.25. The summed E-state index contributed by atoms with van der Waals surface area (Å²) >= 11 is 0. The SMILES string of the molecule is C[C@H]1Oc2ccccc2O[C@H]1C(=O)NCC(=O)NC(C)(C)C. The molecule has 0 spiro atoms. The highest BCUT2D eigenvalue weighted by atomic mass is 16.6. The molecule has 0 aliphatic carbocycles. The minimum Gasteiger partial charge on any atom is -0.482 e. The molecule has 1 aromatic carbocycles. The first kappa shape index (κ1) is 16.1. The van der Waals surface area contributed by atoms with Crippen LogP contribution in [-0.2, 0) is 9.59 Å². The van der Waals surface area contributed by atoms with E-state index in [2.05, 4.69) is 10.6 Å². The summed E-state index contributed by atoms with van der Waals surface area (Å²) < 4.78 is 11.3. The Morgan fingerprint density at radius 2 is 1.73 bits per heavy atom. The lowest BCUT2D eigenvalue weighted by Gasteiger charge is -2.31. The van der Waals surface area contributed by atoms with Crippen LogP contribution in [0.2, 0.25) is 0 Å². The van der Waals surface area contributed by atoms with E-state index in [0.717, 1.165) is 0 Å². The fourth-order valence-corrected chi connectivity index (χ4v) is 2.14. The third kappa shape index (κ3) is 4.13. The molecule has 6 heteroatoms. The Bertz CT molecular complexity index is 566. The Hall–Kier alpha value is -2.24. The van der Waals surface area contributed by atoms with Gasteiger partial charge in [-0.3, -0.25) is 9.59 Å². The Morgan fingerprint density at radius 3 is 2.32 bits per heavy atom. The number of hydrogen-bond acceptors (Lipinski definition) is 4. The zero-order valence-electron chi connectivity index (χ0n) is 13.3. The standard InChI is InChI=1S/C16H22N2O4/c1-10-14(22-12-8-6-5-7-11(12)21-10)15(20)17-9-13(19)18-16(2,3)4/h5-8,10,14H,9H2,1-4H3,(H,17,20)(H,18,19)/t10-,14-/m1/s1. The normalized spacial score (nSPS) is 20.2. The number of carbonyl (C=O) groups is 2. The number of fused-ring (bicyclic) bond motifs is 1. The van der Waals surface area contributed by atoms with Gasteiger partial charge in [-0.2, -0.15) is 0 Å². The molecule has 1 aromatic rings. The highest BCUT2D eigenvalue weighted by Gasteiger charge is 2.34. The Labute approximate surface area is 130 Å². The molecule has 0 saturated carbocycles. The zero-order valence-corrected chi connectivity index (χ0v) is 13.3. The van der Waals surface area contributed by atoms with E-state index in [4.69, 9.17) is 9.47 Å². The van der Waals surface area contributed by atoms with Crippen molar-refractivity contribution in [3.8, 4) is 11.5 Å². The van der Waals surface area contributed by atoms with E-state index >= 15 is 0 Å². The molecule has 0 aromatic heterocycles. The van der Waals surface area contributed by atoms with Gasteiger partial charge >= 0.3 is 0 Å². The van der Waals surface area contributed by atoms with Gasteiger partial charge in [-0.25, -0.2) is 0 Å². The Balaban J connectivity index is 1.92. The van der Waals surface area contributed by atoms with Crippen molar-refractivity contribution in [1.82, 2.24) is 10.6 Å². The molecule has 0 unspecified atom stereocenters. The van der Waals surface area contributed by atoms with Gasteiger partial charge in [0, 0.05) is 5.54 Å². The number of benzene rings is 1. The van der Waals surface area contributed by atoms with Crippen molar-refractivity contribution in [3.05, 3.63) is 24.3 Å². The number of amides is 2. The van der Waals surface area contributed by atoms with Crippen LogP contribution in [0, 0.1) is 0 Å². The van der Waals surface area contributed by atoms with Gasteiger partial charge < -0.3 is 20.1 Å². The highest BCUT2D eigenvalue weighted by molar-refractivity contribution is 5.87. The lowest BCUT2D eigenvalue weighted by Crippen LogP contribution is -2.52. The zero-order chi connectivity index (χ0) is 16.3. The maximum absolute atomic E-state index is 12.2. The Kier molecular flexibility index (Phi) is 4.59. The molecule has 0 fully saturated rings. The van der Waals surface area contributed by atoms with Crippen molar-refractivity contribution in [2.75, 3.05) is 6.54 Å². The number of ether oxygens (including phenoxy) is 2. The van der Waals surface area contributed by atoms with Crippen LogP contribution in [0.25, 0.3) is 0 Å². The number of nitrogens with one attached hydrogen (secondary N) is 2. The van der Waals surface area contributed by atoms with Crippen LogP contribution in [0.1, 0.15) is 27.7 Å². The van der Waals surface area contributed by atoms with Crippen LogP contribution in [0.15, 0.2) is 24.3 Å². The summed E-state index contributed by atoms with van der Waals surface area (Å²) in [5, 5.41) is 5.36. The summed E-state index contributed by atoms with van der Waals surface area (Å²) in [5.41, 5.74) is -0.335. The first-order valence-electron chi connectivity index (χ1n) is 7.27. The van der Waals surface area contributed by atoms with Crippen LogP contribution in [0.4, 0.5) is 0 Å². The average Bonchev–Trinajstić information content (AvgIpc) is 2.42. The Morgan fingerprint density at radius 1 is 1.14 bits per heavy atom. The molecule has 2 atom stereocenters. The van der Waals surface area contributed by atoms with Crippen LogP contribution < -0.4 is 20.1 Å². The lowest BCUT2D eigenvalue weighted by molar-refractivity contribution is -0.135. The number of rotatable bonds is 3. The molecule has 1 aliphatic heterocycles. The van der Waals surface area contributed by atoms with Crippen molar-refractivity contribution in [3.63, 3.8) is 0 Å². The van der Waals surface area contributed by atoms with Gasteiger partial charge in [0.25, 0.3) is 5.91 Å². The quantitative estimate of drug-likeness (QED) is 0.881. The molecule has 2 N–H and O–H groups in total. The van der Waals surface area contributed by atoms with E-state index in [-0.39, 0.29) is 23.9 Å². The minimum atomic E-state index is -0.780. The summed E-state index contributed by atoms with van der Waals surface area (Å²) in [6.07, 6.45) is -1.21. The molecular formula is C16H22N2O4. The third-order valence-electron chi connectivity index (χ3n) is 3.04. The average molecular weight is 306 g/mol. The van der Waals surface area contributed by atoms with E-state index in [1.165, 1.54) is 0 Å². The highest BCUT2D eigenvalue weighted by Crippen LogP contribution is 2.33. The van der Waals surface area contributed by atoms with Crippen molar-refractivity contribution in [2.45, 2.75) is 45.4 Å². The fraction of sp³-hybridized carbons (Fsp3) is 0.500. The largest absolute Gasteiger partial charge is 0.482 e. The van der Waals surface area contributed by atoms with E-state index < -0.39 is 12.2 Å². The van der Waals surface area contributed by atoms with E-state index in [9.17, 15) is 9.59 Å². The van der Waals surface area contributed by atoms with Gasteiger partial charge in [0.1, 0.15) is 6.10 Å². The van der Waals surface area contributed by atoms with Crippen LogP contribution in [0.3, 0.4) is 0 Å². The van der Waals surface area contributed by atoms with Crippen molar-refractivity contribution < 1.29 is 19.1 Å². The first-order chi connectivity index (χ1) is 10.3. The molecule has 22 heavy (non-hydrogen) atoms. The maximum Gasteiger partial charge on any atom is 0.265 e. The molecule has 0 saturated heterocycles. The fourth-order valence-electron chi connectivity index (χ4n) is 2.14. The monoisotopic (exact) mass is 306 g/mol. The molecule has 1 aliphatic rings. The molecule has 1 heterocycles. The lowest BCUT2D eigenvalue weighted by atomic mass is 10.1. The minimum absolute atomic E-state index is 0.0929. The van der Waals surface area contributed by atoms with Gasteiger partial charge in [-0.1, -0.05) is 12.1 Å². The summed E-state index contributed by atoms with van der Waals surface area (Å²) in [5.74, 6) is 0.529. The molecule has 0 bridgehead atoms. The van der Waals surface area contributed by atoms with Gasteiger partial charge in [0.05, 0.1) is 6.54 Å². The maximum atomic E-state index is 12.2. The second-order valence-electron chi connectivity index (χ2n) is 6.32. The summed E-state index contributed by atoms with van der Waals surface area (Å²) in [6.45, 7) is 7.30.